The fourth-order valence-corrected chi connectivity index (χ4v) is 2.08. The van der Waals surface area contributed by atoms with Gasteiger partial charge in [-0.05, 0) is 18.6 Å². The summed E-state index contributed by atoms with van der Waals surface area (Å²) in [7, 11) is 0. The SMILES string of the molecule is Cc1ccccc1NC(=O)CN1CC(O)C(O)C1. The van der Waals surface area contributed by atoms with Gasteiger partial charge in [0.2, 0.25) is 5.91 Å². The van der Waals surface area contributed by atoms with E-state index < -0.39 is 12.2 Å². The third-order valence-electron chi connectivity index (χ3n) is 3.12. The molecule has 98 valence electrons. The van der Waals surface area contributed by atoms with E-state index in [0.29, 0.717) is 13.1 Å². The maximum atomic E-state index is 11.8. The van der Waals surface area contributed by atoms with Crippen LogP contribution in [-0.2, 0) is 4.79 Å². The number of nitrogens with one attached hydrogen (secondary N) is 1. The number of anilines is 1. The highest BCUT2D eigenvalue weighted by Crippen LogP contribution is 2.14. The summed E-state index contributed by atoms with van der Waals surface area (Å²) >= 11 is 0. The highest BCUT2D eigenvalue weighted by Gasteiger charge is 2.30. The van der Waals surface area contributed by atoms with Crippen LogP contribution in [0.2, 0.25) is 0 Å². The minimum Gasteiger partial charge on any atom is -0.389 e. The molecule has 0 bridgehead atoms. The Bertz CT molecular complexity index is 426. The molecule has 0 saturated carbocycles. The summed E-state index contributed by atoms with van der Waals surface area (Å²) in [5.74, 6) is -0.134. The van der Waals surface area contributed by atoms with Gasteiger partial charge in [0.1, 0.15) is 0 Å². The molecule has 1 heterocycles. The second-order valence-electron chi connectivity index (χ2n) is 4.69. The zero-order chi connectivity index (χ0) is 13.1. The lowest BCUT2D eigenvalue weighted by atomic mass is 10.2. The number of nitrogens with zero attached hydrogens (tertiary/aromatic N) is 1. The van der Waals surface area contributed by atoms with Crippen LogP contribution in [0.3, 0.4) is 0 Å². The first kappa shape index (κ1) is 13.0. The van der Waals surface area contributed by atoms with E-state index in [1.54, 1.807) is 4.90 Å². The molecular formula is C13H18N2O3. The van der Waals surface area contributed by atoms with Crippen molar-refractivity contribution in [1.82, 2.24) is 4.90 Å². The lowest BCUT2D eigenvalue weighted by Gasteiger charge is -2.15. The smallest absolute Gasteiger partial charge is 0.238 e. The average molecular weight is 250 g/mol. The van der Waals surface area contributed by atoms with Crippen molar-refractivity contribution in [2.75, 3.05) is 25.0 Å². The molecule has 2 unspecified atom stereocenters. The van der Waals surface area contributed by atoms with Gasteiger partial charge in [-0.25, -0.2) is 0 Å². The number of aryl methyl sites for hydroxylation is 1. The molecule has 18 heavy (non-hydrogen) atoms. The average Bonchev–Trinajstić information content (AvgIpc) is 2.61. The van der Waals surface area contributed by atoms with Crippen molar-refractivity contribution < 1.29 is 15.0 Å². The molecule has 1 amide bonds. The Morgan fingerprint density at radius 1 is 1.33 bits per heavy atom. The zero-order valence-corrected chi connectivity index (χ0v) is 10.3. The molecular weight excluding hydrogens is 232 g/mol. The number of carbonyl (C=O) groups excluding carboxylic acids is 1. The van der Waals surface area contributed by atoms with E-state index in [1.807, 2.05) is 31.2 Å². The van der Waals surface area contributed by atoms with Gasteiger partial charge in [0, 0.05) is 18.8 Å². The summed E-state index contributed by atoms with van der Waals surface area (Å²) in [6, 6.07) is 7.56. The molecule has 1 saturated heterocycles. The van der Waals surface area contributed by atoms with Gasteiger partial charge in [0.15, 0.2) is 0 Å². The first-order chi connectivity index (χ1) is 8.56. The Balaban J connectivity index is 1.88. The zero-order valence-electron chi connectivity index (χ0n) is 10.3. The van der Waals surface area contributed by atoms with Crippen molar-refractivity contribution in [2.24, 2.45) is 0 Å². The van der Waals surface area contributed by atoms with Crippen molar-refractivity contribution in [3.8, 4) is 0 Å². The summed E-state index contributed by atoms with van der Waals surface area (Å²) in [6.45, 7) is 2.78. The lowest BCUT2D eigenvalue weighted by molar-refractivity contribution is -0.117. The quantitative estimate of drug-likeness (QED) is 0.704. The number of benzene rings is 1. The minimum absolute atomic E-state index is 0.134. The van der Waals surface area contributed by atoms with Gasteiger partial charge in [-0.1, -0.05) is 18.2 Å². The molecule has 5 heteroatoms. The molecule has 1 aliphatic heterocycles. The van der Waals surface area contributed by atoms with Crippen molar-refractivity contribution in [2.45, 2.75) is 19.1 Å². The molecule has 0 radical (unpaired) electrons. The predicted molar refractivity (Wildman–Crippen MR) is 68.3 cm³/mol. The molecule has 2 atom stereocenters. The Kier molecular flexibility index (Phi) is 3.96. The monoisotopic (exact) mass is 250 g/mol. The molecule has 1 fully saturated rings. The van der Waals surface area contributed by atoms with E-state index in [2.05, 4.69) is 5.32 Å². The van der Waals surface area contributed by atoms with Gasteiger partial charge < -0.3 is 15.5 Å². The van der Waals surface area contributed by atoms with Crippen LogP contribution in [0.4, 0.5) is 5.69 Å². The summed E-state index contributed by atoms with van der Waals surface area (Å²) < 4.78 is 0. The first-order valence-corrected chi connectivity index (χ1v) is 6.00. The van der Waals surface area contributed by atoms with E-state index in [1.165, 1.54) is 0 Å². The molecule has 0 aliphatic carbocycles. The lowest BCUT2D eigenvalue weighted by Crippen LogP contribution is -2.32. The van der Waals surface area contributed by atoms with Crippen molar-refractivity contribution in [1.29, 1.82) is 0 Å². The Morgan fingerprint density at radius 2 is 1.94 bits per heavy atom. The number of amides is 1. The largest absolute Gasteiger partial charge is 0.389 e. The molecule has 2 rings (SSSR count). The van der Waals surface area contributed by atoms with Crippen molar-refractivity contribution >= 4 is 11.6 Å². The van der Waals surface area contributed by atoms with Crippen LogP contribution >= 0.6 is 0 Å². The molecule has 1 aromatic rings. The molecule has 1 aromatic carbocycles. The van der Waals surface area contributed by atoms with Crippen LogP contribution in [0.25, 0.3) is 0 Å². The summed E-state index contributed by atoms with van der Waals surface area (Å²) in [5.41, 5.74) is 1.80. The number of aliphatic hydroxyl groups excluding tert-OH is 2. The number of rotatable bonds is 3. The number of carbonyl (C=O) groups is 1. The van der Waals surface area contributed by atoms with Crippen LogP contribution < -0.4 is 5.32 Å². The predicted octanol–water partition coefficient (Wildman–Crippen LogP) is -0.0291. The summed E-state index contributed by atoms with van der Waals surface area (Å²) in [6.07, 6.45) is -1.51. The van der Waals surface area contributed by atoms with Crippen LogP contribution in [0.5, 0.6) is 0 Å². The van der Waals surface area contributed by atoms with Gasteiger partial charge in [-0.15, -0.1) is 0 Å². The Morgan fingerprint density at radius 3 is 2.56 bits per heavy atom. The topological polar surface area (TPSA) is 72.8 Å². The normalized spacial score (nSPS) is 24.2. The number of aliphatic hydroxyl groups is 2. The number of para-hydroxylation sites is 1. The second-order valence-corrected chi connectivity index (χ2v) is 4.69. The van der Waals surface area contributed by atoms with Gasteiger partial charge in [-0.3, -0.25) is 9.69 Å². The number of β-amino-alcohol motifs (C(OH)–C–C–N with tert-alkyl or cyclic N) is 2. The molecule has 0 aromatic heterocycles. The van der Waals surface area contributed by atoms with Crippen LogP contribution in [0, 0.1) is 6.92 Å². The fourth-order valence-electron chi connectivity index (χ4n) is 2.08. The highest BCUT2D eigenvalue weighted by atomic mass is 16.3. The van der Waals surface area contributed by atoms with Gasteiger partial charge >= 0.3 is 0 Å². The second kappa shape index (κ2) is 5.48. The van der Waals surface area contributed by atoms with E-state index in [9.17, 15) is 15.0 Å². The minimum atomic E-state index is -0.753. The van der Waals surface area contributed by atoms with Crippen LogP contribution in [0.15, 0.2) is 24.3 Å². The van der Waals surface area contributed by atoms with Gasteiger partial charge in [0.05, 0.1) is 18.8 Å². The number of hydrogen-bond acceptors (Lipinski definition) is 4. The standard InChI is InChI=1S/C13H18N2O3/c1-9-4-2-3-5-10(9)14-13(18)8-15-6-11(16)12(17)7-15/h2-5,11-12,16-17H,6-8H2,1H3,(H,14,18). The summed E-state index contributed by atoms with van der Waals surface area (Å²) in [5, 5.41) is 21.6. The van der Waals surface area contributed by atoms with E-state index in [0.717, 1.165) is 11.3 Å². The van der Waals surface area contributed by atoms with E-state index in [4.69, 9.17) is 0 Å². The van der Waals surface area contributed by atoms with Crippen molar-refractivity contribution in [3.63, 3.8) is 0 Å². The maximum absolute atomic E-state index is 11.8. The first-order valence-electron chi connectivity index (χ1n) is 6.00. The van der Waals surface area contributed by atoms with E-state index in [-0.39, 0.29) is 12.5 Å². The van der Waals surface area contributed by atoms with Crippen LogP contribution in [-0.4, -0.2) is 52.9 Å². The van der Waals surface area contributed by atoms with Crippen molar-refractivity contribution in [3.05, 3.63) is 29.8 Å². The molecule has 3 N–H and O–H groups in total. The van der Waals surface area contributed by atoms with Gasteiger partial charge in [0.25, 0.3) is 0 Å². The molecule has 0 spiro atoms. The Hall–Kier alpha value is -1.43. The number of likely N-dealkylation sites (tertiary alicyclic amines) is 1. The van der Waals surface area contributed by atoms with Crippen LogP contribution in [0.1, 0.15) is 5.56 Å². The third-order valence-corrected chi connectivity index (χ3v) is 3.12. The molecule has 1 aliphatic rings. The fraction of sp³-hybridized carbons (Fsp3) is 0.462. The Labute approximate surface area is 106 Å². The van der Waals surface area contributed by atoms with E-state index >= 15 is 0 Å². The molecule has 5 nitrogen and oxygen atoms in total. The number of hydrogen-bond donors (Lipinski definition) is 3. The summed E-state index contributed by atoms with van der Waals surface area (Å²) in [4.78, 5) is 13.6. The highest BCUT2D eigenvalue weighted by molar-refractivity contribution is 5.92. The maximum Gasteiger partial charge on any atom is 0.238 e. The third kappa shape index (κ3) is 3.07. The van der Waals surface area contributed by atoms with Gasteiger partial charge in [-0.2, -0.15) is 0 Å².